The standard InChI is InChI=1S/C10H14O5/c1-7(2)10(13)14-6-8(3)15-9(12)4-5-11/h5,8H,1,4,6H2,2-3H3. The number of esters is 2. The maximum absolute atomic E-state index is 10.9. The van der Waals surface area contributed by atoms with Crippen LogP contribution in [-0.2, 0) is 23.9 Å². The van der Waals surface area contributed by atoms with Crippen molar-refractivity contribution in [3.8, 4) is 0 Å². The third-order valence-corrected chi connectivity index (χ3v) is 1.38. The number of rotatable bonds is 6. The number of carbonyl (C=O) groups is 3. The topological polar surface area (TPSA) is 69.7 Å². The molecule has 0 aliphatic carbocycles. The first-order valence-electron chi connectivity index (χ1n) is 4.43. The van der Waals surface area contributed by atoms with Crippen LogP contribution in [0.5, 0.6) is 0 Å². The first kappa shape index (κ1) is 13.4. The second kappa shape index (κ2) is 6.75. The van der Waals surface area contributed by atoms with Crippen LogP contribution in [-0.4, -0.2) is 30.9 Å². The van der Waals surface area contributed by atoms with Gasteiger partial charge >= 0.3 is 11.9 Å². The van der Waals surface area contributed by atoms with Crippen LogP contribution in [0.2, 0.25) is 0 Å². The lowest BCUT2D eigenvalue weighted by atomic mass is 10.3. The van der Waals surface area contributed by atoms with Gasteiger partial charge in [0.1, 0.15) is 25.4 Å². The van der Waals surface area contributed by atoms with Gasteiger partial charge in [-0.3, -0.25) is 4.79 Å². The molecule has 0 aromatic rings. The quantitative estimate of drug-likeness (QED) is 0.280. The Morgan fingerprint density at radius 3 is 2.53 bits per heavy atom. The third kappa shape index (κ3) is 6.42. The summed E-state index contributed by atoms with van der Waals surface area (Å²) >= 11 is 0. The summed E-state index contributed by atoms with van der Waals surface area (Å²) in [5, 5.41) is 0. The van der Waals surface area contributed by atoms with Crippen LogP contribution in [0.4, 0.5) is 0 Å². The van der Waals surface area contributed by atoms with Crippen molar-refractivity contribution in [1.82, 2.24) is 0 Å². The summed E-state index contributed by atoms with van der Waals surface area (Å²) in [6, 6.07) is 0. The Morgan fingerprint density at radius 1 is 1.47 bits per heavy atom. The number of aldehydes is 1. The molecular weight excluding hydrogens is 200 g/mol. The molecule has 84 valence electrons. The highest BCUT2D eigenvalue weighted by Gasteiger charge is 2.11. The normalized spacial score (nSPS) is 11.3. The second-order valence-corrected chi connectivity index (χ2v) is 3.05. The lowest BCUT2D eigenvalue weighted by Crippen LogP contribution is -2.22. The smallest absolute Gasteiger partial charge is 0.333 e. The summed E-state index contributed by atoms with van der Waals surface area (Å²) in [7, 11) is 0. The molecule has 0 fully saturated rings. The predicted molar refractivity (Wildman–Crippen MR) is 52.0 cm³/mol. The van der Waals surface area contributed by atoms with E-state index in [0.717, 1.165) is 0 Å². The van der Waals surface area contributed by atoms with Crippen LogP contribution in [0, 0.1) is 0 Å². The van der Waals surface area contributed by atoms with Crippen molar-refractivity contribution in [3.63, 3.8) is 0 Å². The highest BCUT2D eigenvalue weighted by atomic mass is 16.6. The largest absolute Gasteiger partial charge is 0.459 e. The van der Waals surface area contributed by atoms with Gasteiger partial charge in [0.15, 0.2) is 0 Å². The van der Waals surface area contributed by atoms with Gasteiger partial charge in [-0.25, -0.2) is 4.79 Å². The Bertz CT molecular complexity index is 269. The monoisotopic (exact) mass is 214 g/mol. The highest BCUT2D eigenvalue weighted by Crippen LogP contribution is 1.98. The Morgan fingerprint density at radius 2 is 2.07 bits per heavy atom. The van der Waals surface area contributed by atoms with E-state index < -0.39 is 18.0 Å². The van der Waals surface area contributed by atoms with E-state index in [1.54, 1.807) is 6.92 Å². The molecule has 0 heterocycles. The van der Waals surface area contributed by atoms with Crippen molar-refractivity contribution in [2.75, 3.05) is 6.61 Å². The molecule has 0 spiro atoms. The van der Waals surface area contributed by atoms with Crippen molar-refractivity contribution in [2.45, 2.75) is 26.4 Å². The van der Waals surface area contributed by atoms with Crippen LogP contribution in [0.25, 0.3) is 0 Å². The zero-order chi connectivity index (χ0) is 11.8. The average Bonchev–Trinajstić information content (AvgIpc) is 2.14. The van der Waals surface area contributed by atoms with E-state index >= 15 is 0 Å². The van der Waals surface area contributed by atoms with E-state index in [2.05, 4.69) is 6.58 Å². The van der Waals surface area contributed by atoms with Crippen LogP contribution in [0.15, 0.2) is 12.2 Å². The molecule has 0 aliphatic rings. The van der Waals surface area contributed by atoms with Crippen molar-refractivity contribution in [2.24, 2.45) is 0 Å². The summed E-state index contributed by atoms with van der Waals surface area (Å²) in [4.78, 5) is 31.7. The van der Waals surface area contributed by atoms with Gasteiger partial charge in [-0.1, -0.05) is 6.58 Å². The predicted octanol–water partition coefficient (Wildman–Crippen LogP) is 0.626. The highest BCUT2D eigenvalue weighted by molar-refractivity contribution is 5.87. The van der Waals surface area contributed by atoms with Crippen LogP contribution in [0.1, 0.15) is 20.3 Å². The van der Waals surface area contributed by atoms with E-state index in [4.69, 9.17) is 9.47 Å². The third-order valence-electron chi connectivity index (χ3n) is 1.38. The maximum atomic E-state index is 10.9. The first-order valence-corrected chi connectivity index (χ1v) is 4.43. The van der Waals surface area contributed by atoms with Gasteiger partial charge in [-0.05, 0) is 13.8 Å². The van der Waals surface area contributed by atoms with Crippen molar-refractivity contribution in [3.05, 3.63) is 12.2 Å². The Kier molecular flexibility index (Phi) is 6.01. The molecule has 0 amide bonds. The number of hydrogen-bond donors (Lipinski definition) is 0. The summed E-state index contributed by atoms with van der Waals surface area (Å²) in [6.45, 7) is 6.43. The zero-order valence-electron chi connectivity index (χ0n) is 8.82. The van der Waals surface area contributed by atoms with Crippen molar-refractivity contribution >= 4 is 18.2 Å². The van der Waals surface area contributed by atoms with Crippen LogP contribution >= 0.6 is 0 Å². The van der Waals surface area contributed by atoms with Gasteiger partial charge in [0.25, 0.3) is 0 Å². The minimum atomic E-state index is -0.635. The second-order valence-electron chi connectivity index (χ2n) is 3.05. The molecule has 5 nitrogen and oxygen atoms in total. The van der Waals surface area contributed by atoms with E-state index in [1.807, 2.05) is 0 Å². The molecule has 0 saturated carbocycles. The minimum Gasteiger partial charge on any atom is -0.459 e. The molecule has 0 bridgehead atoms. The van der Waals surface area contributed by atoms with Gasteiger partial charge in [0.05, 0.1) is 0 Å². The molecule has 15 heavy (non-hydrogen) atoms. The zero-order valence-corrected chi connectivity index (χ0v) is 8.82. The van der Waals surface area contributed by atoms with Gasteiger partial charge in [-0.15, -0.1) is 0 Å². The van der Waals surface area contributed by atoms with Crippen molar-refractivity contribution < 1.29 is 23.9 Å². The average molecular weight is 214 g/mol. The summed E-state index contributed by atoms with van der Waals surface area (Å²) < 4.78 is 9.48. The summed E-state index contributed by atoms with van der Waals surface area (Å²) in [5.41, 5.74) is 0.279. The lowest BCUT2D eigenvalue weighted by molar-refractivity contribution is -0.156. The molecule has 0 aromatic heterocycles. The van der Waals surface area contributed by atoms with Gasteiger partial charge < -0.3 is 14.3 Å². The Hall–Kier alpha value is -1.65. The molecule has 0 aliphatic heterocycles. The molecule has 5 heteroatoms. The van der Waals surface area contributed by atoms with Gasteiger partial charge in [-0.2, -0.15) is 0 Å². The number of hydrogen-bond acceptors (Lipinski definition) is 5. The van der Waals surface area contributed by atoms with Crippen molar-refractivity contribution in [1.29, 1.82) is 0 Å². The molecule has 0 N–H and O–H groups in total. The Balaban J connectivity index is 3.79. The van der Waals surface area contributed by atoms with E-state index in [9.17, 15) is 14.4 Å². The SMILES string of the molecule is C=C(C)C(=O)OCC(C)OC(=O)CC=O. The molecule has 1 atom stereocenters. The van der Waals surface area contributed by atoms with Crippen LogP contribution in [0.3, 0.4) is 0 Å². The summed E-state index contributed by atoms with van der Waals surface area (Å²) in [5.74, 6) is -1.17. The van der Waals surface area contributed by atoms with Gasteiger partial charge in [0, 0.05) is 5.57 Å². The fourth-order valence-electron chi connectivity index (χ4n) is 0.691. The van der Waals surface area contributed by atoms with E-state index in [-0.39, 0.29) is 18.6 Å². The molecule has 0 rings (SSSR count). The molecule has 1 unspecified atom stereocenters. The van der Waals surface area contributed by atoms with Gasteiger partial charge in [0.2, 0.25) is 0 Å². The molecular formula is C10H14O5. The maximum Gasteiger partial charge on any atom is 0.333 e. The van der Waals surface area contributed by atoms with E-state index in [0.29, 0.717) is 6.29 Å². The number of ether oxygens (including phenoxy) is 2. The number of carbonyl (C=O) groups excluding carboxylic acids is 3. The minimum absolute atomic E-state index is 0.0453. The fourth-order valence-corrected chi connectivity index (χ4v) is 0.691. The summed E-state index contributed by atoms with van der Waals surface area (Å²) in [6.07, 6.45) is -0.408. The molecule has 0 saturated heterocycles. The van der Waals surface area contributed by atoms with Crippen LogP contribution < -0.4 is 0 Å². The Labute approximate surface area is 88.0 Å². The fraction of sp³-hybridized carbons (Fsp3) is 0.500. The van der Waals surface area contributed by atoms with E-state index in [1.165, 1.54) is 6.92 Å². The molecule has 0 radical (unpaired) electrons. The first-order chi connectivity index (χ1) is 6.97. The lowest BCUT2D eigenvalue weighted by Gasteiger charge is -2.12. The molecule has 0 aromatic carbocycles.